The van der Waals surface area contributed by atoms with Crippen LogP contribution in [-0.4, -0.2) is 15.5 Å². The van der Waals surface area contributed by atoms with Crippen LogP contribution in [0, 0.1) is 12.7 Å². The molecule has 2 rings (SSSR count). The van der Waals surface area contributed by atoms with Crippen molar-refractivity contribution in [2.24, 2.45) is 0 Å². The molecule has 0 radical (unpaired) electrons. The van der Waals surface area contributed by atoms with E-state index < -0.39 is 15.8 Å². The van der Waals surface area contributed by atoms with Crippen LogP contribution in [0.3, 0.4) is 0 Å². The first-order valence-electron chi connectivity index (χ1n) is 5.73. The molecule has 0 unspecified atom stereocenters. The third-order valence-electron chi connectivity index (χ3n) is 2.87. The predicted octanol–water partition coefficient (Wildman–Crippen LogP) is 2.96. The van der Waals surface area contributed by atoms with Crippen molar-refractivity contribution in [2.45, 2.75) is 11.8 Å². The van der Waals surface area contributed by atoms with Gasteiger partial charge in [0.2, 0.25) is 0 Å². The van der Waals surface area contributed by atoms with Crippen molar-refractivity contribution in [3.8, 4) is 0 Å². The first kappa shape index (κ1) is 13.5. The molecule has 100 valence electrons. The Hall–Kier alpha value is -1.88. The van der Waals surface area contributed by atoms with Gasteiger partial charge < -0.3 is 0 Å². The Balaban J connectivity index is 2.45. The van der Waals surface area contributed by atoms with Gasteiger partial charge in [0, 0.05) is 7.05 Å². The lowest BCUT2D eigenvalue weighted by Crippen LogP contribution is -2.27. The summed E-state index contributed by atoms with van der Waals surface area (Å²) in [7, 11) is -2.40. The first-order chi connectivity index (χ1) is 8.93. The van der Waals surface area contributed by atoms with Crippen molar-refractivity contribution in [1.82, 2.24) is 0 Å². The summed E-state index contributed by atoms with van der Waals surface area (Å²) >= 11 is 0. The largest absolute Gasteiger partial charge is 0.266 e. The highest BCUT2D eigenvalue weighted by molar-refractivity contribution is 7.92. The number of anilines is 1. The topological polar surface area (TPSA) is 37.4 Å². The zero-order valence-electron chi connectivity index (χ0n) is 10.7. The molecular formula is C14H14FNO2S. The maximum atomic E-state index is 13.6. The van der Waals surface area contributed by atoms with Crippen LogP contribution >= 0.6 is 0 Å². The first-order valence-corrected chi connectivity index (χ1v) is 7.17. The summed E-state index contributed by atoms with van der Waals surface area (Å²) in [5.74, 6) is -0.569. The van der Waals surface area contributed by atoms with E-state index in [9.17, 15) is 12.8 Å². The molecule has 0 atom stereocenters. The van der Waals surface area contributed by atoms with Crippen LogP contribution in [-0.2, 0) is 10.0 Å². The monoisotopic (exact) mass is 279 g/mol. The van der Waals surface area contributed by atoms with Gasteiger partial charge in [-0.3, -0.25) is 4.31 Å². The van der Waals surface area contributed by atoms with Crippen molar-refractivity contribution < 1.29 is 12.8 Å². The molecule has 0 fully saturated rings. The number of rotatable bonds is 3. The van der Waals surface area contributed by atoms with Crippen LogP contribution in [0.5, 0.6) is 0 Å². The lowest BCUT2D eigenvalue weighted by atomic mass is 10.2. The average Bonchev–Trinajstić information content (AvgIpc) is 2.39. The second-order valence-electron chi connectivity index (χ2n) is 4.24. The molecule has 2 aromatic carbocycles. The van der Waals surface area contributed by atoms with Gasteiger partial charge in [0.15, 0.2) is 0 Å². The van der Waals surface area contributed by atoms with E-state index in [2.05, 4.69) is 0 Å². The summed E-state index contributed by atoms with van der Waals surface area (Å²) in [6.45, 7) is 1.87. The number of hydrogen-bond donors (Lipinski definition) is 0. The van der Waals surface area contributed by atoms with Crippen LogP contribution in [0.1, 0.15) is 5.56 Å². The zero-order chi connectivity index (χ0) is 14.0. The number of benzene rings is 2. The Bertz CT molecular complexity index is 681. The predicted molar refractivity (Wildman–Crippen MR) is 73.2 cm³/mol. The summed E-state index contributed by atoms with van der Waals surface area (Å²) in [6.07, 6.45) is 0. The van der Waals surface area contributed by atoms with E-state index in [4.69, 9.17) is 0 Å². The minimum Gasteiger partial charge on any atom is -0.266 e. The van der Waals surface area contributed by atoms with Crippen LogP contribution in [0.15, 0.2) is 53.4 Å². The van der Waals surface area contributed by atoms with E-state index >= 15 is 0 Å². The Morgan fingerprint density at radius 2 is 1.58 bits per heavy atom. The number of sulfonamides is 1. The van der Waals surface area contributed by atoms with Gasteiger partial charge in [0.05, 0.1) is 10.6 Å². The van der Waals surface area contributed by atoms with E-state index in [1.165, 1.54) is 37.4 Å². The molecule has 0 bridgehead atoms. The van der Waals surface area contributed by atoms with Crippen molar-refractivity contribution >= 4 is 15.7 Å². The van der Waals surface area contributed by atoms with Crippen molar-refractivity contribution in [3.63, 3.8) is 0 Å². The van der Waals surface area contributed by atoms with Gasteiger partial charge in [-0.05, 0) is 31.2 Å². The fourth-order valence-electron chi connectivity index (χ4n) is 1.70. The highest BCUT2D eigenvalue weighted by atomic mass is 32.2. The van der Waals surface area contributed by atoms with Crippen LogP contribution < -0.4 is 4.31 Å². The molecule has 0 amide bonds. The molecule has 0 spiro atoms. The van der Waals surface area contributed by atoms with E-state index in [0.717, 1.165) is 9.87 Å². The van der Waals surface area contributed by atoms with Crippen LogP contribution in [0.2, 0.25) is 0 Å². The molecule has 19 heavy (non-hydrogen) atoms. The third-order valence-corrected chi connectivity index (χ3v) is 4.66. The quantitative estimate of drug-likeness (QED) is 0.866. The molecule has 0 aliphatic carbocycles. The molecule has 0 aromatic heterocycles. The minimum absolute atomic E-state index is 0.0306. The fraction of sp³-hybridized carbons (Fsp3) is 0.143. The van der Waals surface area contributed by atoms with Crippen molar-refractivity contribution in [2.75, 3.05) is 11.4 Å². The third kappa shape index (κ3) is 2.61. The van der Waals surface area contributed by atoms with E-state index in [1.807, 2.05) is 6.92 Å². The average molecular weight is 279 g/mol. The van der Waals surface area contributed by atoms with E-state index in [0.29, 0.717) is 0 Å². The smallest absolute Gasteiger partial charge is 0.264 e. The summed E-state index contributed by atoms with van der Waals surface area (Å²) < 4.78 is 39.3. The Kier molecular flexibility index (Phi) is 3.57. The highest BCUT2D eigenvalue weighted by Gasteiger charge is 2.22. The summed E-state index contributed by atoms with van der Waals surface area (Å²) in [5, 5.41) is 0. The molecule has 0 saturated heterocycles. The molecule has 0 aliphatic heterocycles. The number of halogens is 1. The van der Waals surface area contributed by atoms with E-state index in [-0.39, 0.29) is 10.6 Å². The normalized spacial score (nSPS) is 11.3. The second kappa shape index (κ2) is 5.01. The van der Waals surface area contributed by atoms with Gasteiger partial charge in [0.25, 0.3) is 10.0 Å². The Morgan fingerprint density at radius 3 is 2.16 bits per heavy atom. The van der Waals surface area contributed by atoms with Gasteiger partial charge in [-0.1, -0.05) is 29.8 Å². The van der Waals surface area contributed by atoms with Gasteiger partial charge in [0.1, 0.15) is 5.82 Å². The SMILES string of the molecule is Cc1ccc(S(=O)(=O)N(C)c2ccccc2F)cc1. The maximum Gasteiger partial charge on any atom is 0.264 e. The molecular weight excluding hydrogens is 265 g/mol. The van der Waals surface area contributed by atoms with Crippen LogP contribution in [0.25, 0.3) is 0 Å². The highest BCUT2D eigenvalue weighted by Crippen LogP contribution is 2.24. The Labute approximate surface area is 112 Å². The van der Waals surface area contributed by atoms with Gasteiger partial charge in [-0.25, -0.2) is 12.8 Å². The number of nitrogens with zero attached hydrogens (tertiary/aromatic N) is 1. The number of para-hydroxylation sites is 1. The fourth-order valence-corrected chi connectivity index (χ4v) is 2.91. The Morgan fingerprint density at radius 1 is 1.00 bits per heavy atom. The standard InChI is InChI=1S/C14H14FNO2S/c1-11-7-9-12(10-8-11)19(17,18)16(2)14-6-4-3-5-13(14)15/h3-10H,1-2H3. The molecule has 0 aliphatic rings. The lowest BCUT2D eigenvalue weighted by Gasteiger charge is -2.20. The lowest BCUT2D eigenvalue weighted by molar-refractivity contribution is 0.589. The molecule has 0 heterocycles. The maximum absolute atomic E-state index is 13.6. The number of hydrogen-bond acceptors (Lipinski definition) is 2. The molecule has 3 nitrogen and oxygen atoms in total. The zero-order valence-corrected chi connectivity index (χ0v) is 11.5. The number of aryl methyl sites for hydroxylation is 1. The molecule has 0 saturated carbocycles. The van der Waals surface area contributed by atoms with Crippen molar-refractivity contribution in [1.29, 1.82) is 0 Å². The van der Waals surface area contributed by atoms with Gasteiger partial charge >= 0.3 is 0 Å². The van der Waals surface area contributed by atoms with Crippen molar-refractivity contribution in [3.05, 3.63) is 59.9 Å². The molecule has 0 N–H and O–H groups in total. The summed E-state index contributed by atoms with van der Waals surface area (Å²) in [6, 6.07) is 12.2. The molecule has 5 heteroatoms. The summed E-state index contributed by atoms with van der Waals surface area (Å²) in [5.41, 5.74) is 0.996. The van der Waals surface area contributed by atoms with Gasteiger partial charge in [-0.2, -0.15) is 0 Å². The second-order valence-corrected chi connectivity index (χ2v) is 6.21. The van der Waals surface area contributed by atoms with Gasteiger partial charge in [-0.15, -0.1) is 0 Å². The van der Waals surface area contributed by atoms with Crippen LogP contribution in [0.4, 0.5) is 10.1 Å². The van der Waals surface area contributed by atoms with E-state index in [1.54, 1.807) is 18.2 Å². The molecule has 2 aromatic rings. The summed E-state index contributed by atoms with van der Waals surface area (Å²) in [4.78, 5) is 0.142. The minimum atomic E-state index is -3.74.